The van der Waals surface area contributed by atoms with Crippen LogP contribution in [0.1, 0.15) is 44.7 Å². The summed E-state index contributed by atoms with van der Waals surface area (Å²) in [5, 5.41) is 3.51. The number of benzene rings is 9. The van der Waals surface area contributed by atoms with E-state index in [4.69, 9.17) is 18.9 Å². The molecule has 0 fully saturated rings. The first kappa shape index (κ1) is 55.6. The van der Waals surface area contributed by atoms with Crippen molar-refractivity contribution in [1.82, 2.24) is 0 Å². The van der Waals surface area contributed by atoms with Crippen molar-refractivity contribution >= 4 is 60.9 Å². The van der Waals surface area contributed by atoms with Gasteiger partial charge in [-0.15, -0.1) is 0 Å². The fraction of sp³-hybridized carbons (Fsp3) is 0.121. The Morgan fingerprint density at radius 2 is 0.506 bits per heavy atom. The fourth-order valence-corrected chi connectivity index (χ4v) is 14.9. The van der Waals surface area contributed by atoms with Crippen LogP contribution in [0.25, 0.3) is 0 Å². The molecule has 9 aromatic carbocycles. The first-order chi connectivity index (χ1) is 37.4. The van der Waals surface area contributed by atoms with E-state index in [1.807, 2.05) is 261 Å². The van der Waals surface area contributed by atoms with Crippen molar-refractivity contribution < 1.29 is 58.5 Å². The van der Waals surface area contributed by atoms with Gasteiger partial charge < -0.3 is 18.9 Å². The molecule has 0 radical (unpaired) electrons. The summed E-state index contributed by atoms with van der Waals surface area (Å²) in [5.74, 6) is -6.16. The SMILES string of the molecule is O=C(OCc1ccccc1)C(C(=O)OCc1ccccc1)[C@H](c1[c-]c([C@@H](C(C(=O)OCc2ccccc2)C(=O)OCc2ccccc2)P(c2ccccc2)c2ccccc2)ccc1)P(c1ccccc1)c1ccccc1.[Pd]. The molecule has 9 aromatic rings. The average Bonchev–Trinajstić information content (AvgIpc) is 3.49. The monoisotopic (exact) mass is 1140 g/mol. The zero-order chi connectivity index (χ0) is 52.3. The van der Waals surface area contributed by atoms with E-state index in [0.717, 1.165) is 43.5 Å². The summed E-state index contributed by atoms with van der Waals surface area (Å²) in [6.45, 7) is -0.367. The molecule has 388 valence electrons. The second kappa shape index (κ2) is 28.5. The standard InChI is InChI=1S/C66H55O8P2.Pd/c67-63(71-45-49-26-9-1-10-27-49)59(64(68)72-46-50-28-11-2-12-29-50)61(75(55-36-17-5-18-37-55)56-38-19-6-20-39-56)53-34-25-35-54(44-53)62(76(57-40-21-7-22-41-57)58-42-23-8-24-43-58)60(65(69)73-47-51-30-13-3-14-31-51)66(70)74-48-52-32-15-4-16-33-52;/h1-43,59-62H,45-48H2;/q-1;/t61-,62-;/m0./s1. The van der Waals surface area contributed by atoms with Crippen molar-refractivity contribution in [2.75, 3.05) is 0 Å². The molecule has 0 saturated heterocycles. The molecule has 0 unspecified atom stereocenters. The summed E-state index contributed by atoms with van der Waals surface area (Å²) in [5.41, 5.74) is 1.98. The summed E-state index contributed by atoms with van der Waals surface area (Å²) < 4.78 is 24.7. The molecule has 0 N–H and O–H groups in total. The predicted molar refractivity (Wildman–Crippen MR) is 301 cm³/mol. The number of carbonyl (C=O) groups excluding carboxylic acids is 4. The van der Waals surface area contributed by atoms with Crippen LogP contribution in [0.5, 0.6) is 0 Å². The number of carbonyl (C=O) groups is 4. The Balaban J connectivity index is 0.00000784. The molecule has 0 amide bonds. The van der Waals surface area contributed by atoms with E-state index in [1.165, 1.54) is 0 Å². The molecule has 0 heterocycles. The van der Waals surface area contributed by atoms with Crippen LogP contribution in [-0.4, -0.2) is 23.9 Å². The van der Waals surface area contributed by atoms with Gasteiger partial charge in [-0.2, -0.15) is 35.4 Å². The zero-order valence-corrected chi connectivity index (χ0v) is 45.3. The Morgan fingerprint density at radius 3 is 0.727 bits per heavy atom. The quantitative estimate of drug-likeness (QED) is 0.0165. The van der Waals surface area contributed by atoms with Crippen LogP contribution in [0.15, 0.2) is 261 Å². The molecular weight excluding hydrogens is 1090 g/mol. The van der Waals surface area contributed by atoms with E-state index in [-0.39, 0.29) is 46.9 Å². The third kappa shape index (κ3) is 14.9. The number of hydrogen-bond donors (Lipinski definition) is 0. The maximum Gasteiger partial charge on any atom is 0.321 e. The molecule has 0 saturated carbocycles. The van der Waals surface area contributed by atoms with Gasteiger partial charge in [0.1, 0.15) is 26.4 Å². The Morgan fingerprint density at radius 1 is 0.299 bits per heavy atom. The minimum atomic E-state index is -1.67. The second-order valence-electron chi connectivity index (χ2n) is 17.9. The van der Waals surface area contributed by atoms with Crippen LogP contribution in [-0.2, 0) is 85.0 Å². The average molecular weight is 1140 g/mol. The molecule has 0 aliphatic rings. The van der Waals surface area contributed by atoms with Gasteiger partial charge in [-0.1, -0.05) is 243 Å². The van der Waals surface area contributed by atoms with Crippen LogP contribution in [0.2, 0.25) is 0 Å². The normalized spacial score (nSPS) is 11.8. The smallest absolute Gasteiger partial charge is 0.321 e. The van der Waals surface area contributed by atoms with E-state index in [2.05, 4.69) is 6.07 Å². The number of hydrogen-bond acceptors (Lipinski definition) is 8. The molecular formula is C66H55O8P2Pd-. The Kier molecular flexibility index (Phi) is 20.6. The van der Waals surface area contributed by atoms with Crippen LogP contribution < -0.4 is 21.2 Å². The summed E-state index contributed by atoms with van der Waals surface area (Å²) in [7, 11) is -3.35. The van der Waals surface area contributed by atoms with E-state index in [0.29, 0.717) is 11.1 Å². The van der Waals surface area contributed by atoms with Gasteiger partial charge in [0, 0.05) is 31.7 Å². The second-order valence-corrected chi connectivity index (χ2v) is 22.5. The topological polar surface area (TPSA) is 105 Å². The Hall–Kier alpha value is -7.62. The third-order valence-electron chi connectivity index (χ3n) is 12.7. The van der Waals surface area contributed by atoms with Gasteiger partial charge in [-0.25, -0.2) is 0 Å². The van der Waals surface area contributed by atoms with E-state index >= 15 is 19.2 Å². The summed E-state index contributed by atoms with van der Waals surface area (Å²) >= 11 is 0. The minimum absolute atomic E-state index is 0. The fourth-order valence-electron chi connectivity index (χ4n) is 9.06. The summed E-state index contributed by atoms with van der Waals surface area (Å²) in [6, 6.07) is 85.9. The molecule has 77 heavy (non-hydrogen) atoms. The van der Waals surface area contributed by atoms with Crippen molar-refractivity contribution in [1.29, 1.82) is 0 Å². The molecule has 0 spiro atoms. The molecule has 0 aliphatic carbocycles. The number of ether oxygens (including phenoxy) is 4. The van der Waals surface area contributed by atoms with Crippen molar-refractivity contribution in [2.24, 2.45) is 11.8 Å². The van der Waals surface area contributed by atoms with E-state index in [9.17, 15) is 0 Å². The zero-order valence-electron chi connectivity index (χ0n) is 41.9. The summed E-state index contributed by atoms with van der Waals surface area (Å²) in [4.78, 5) is 61.1. The van der Waals surface area contributed by atoms with Gasteiger partial charge in [-0.3, -0.25) is 19.2 Å². The van der Waals surface area contributed by atoms with Gasteiger partial charge in [0.2, 0.25) is 0 Å². The predicted octanol–water partition coefficient (Wildman–Crippen LogP) is 12.0. The van der Waals surface area contributed by atoms with Crippen molar-refractivity contribution in [2.45, 2.75) is 37.7 Å². The van der Waals surface area contributed by atoms with Crippen LogP contribution >= 0.6 is 15.8 Å². The minimum Gasteiger partial charge on any atom is -0.460 e. The van der Waals surface area contributed by atoms with E-state index in [1.54, 1.807) is 0 Å². The van der Waals surface area contributed by atoms with Gasteiger partial charge in [0.15, 0.2) is 11.8 Å². The van der Waals surface area contributed by atoms with Crippen LogP contribution in [0.4, 0.5) is 0 Å². The molecule has 2 atom stereocenters. The largest absolute Gasteiger partial charge is 0.460 e. The molecule has 0 aromatic heterocycles. The maximum atomic E-state index is 15.3. The third-order valence-corrected chi connectivity index (χ3v) is 18.4. The van der Waals surface area contributed by atoms with Gasteiger partial charge in [0.05, 0.1) is 0 Å². The first-order valence-electron chi connectivity index (χ1n) is 25.0. The van der Waals surface area contributed by atoms with Gasteiger partial charge in [-0.05, 0) is 59.3 Å². The van der Waals surface area contributed by atoms with Crippen LogP contribution in [0.3, 0.4) is 0 Å². The van der Waals surface area contributed by atoms with Gasteiger partial charge >= 0.3 is 23.9 Å². The van der Waals surface area contributed by atoms with Crippen molar-refractivity contribution in [3.63, 3.8) is 0 Å². The first-order valence-corrected chi connectivity index (χ1v) is 27.9. The molecule has 9 rings (SSSR count). The van der Waals surface area contributed by atoms with Crippen molar-refractivity contribution in [3.8, 4) is 0 Å². The Labute approximate surface area is 466 Å². The van der Waals surface area contributed by atoms with Gasteiger partial charge in [0.25, 0.3) is 0 Å². The molecule has 0 bridgehead atoms. The number of esters is 4. The number of rotatable bonds is 22. The summed E-state index contributed by atoms with van der Waals surface area (Å²) in [6.07, 6.45) is 0. The molecule has 0 aliphatic heterocycles. The van der Waals surface area contributed by atoms with Crippen LogP contribution in [0, 0.1) is 17.9 Å². The van der Waals surface area contributed by atoms with E-state index < -0.39 is 62.9 Å². The maximum absolute atomic E-state index is 15.3. The Bertz CT molecular complexity index is 2850. The van der Waals surface area contributed by atoms with Crippen molar-refractivity contribution in [3.05, 3.63) is 300 Å². The molecule has 11 heteroatoms. The molecule has 8 nitrogen and oxygen atoms in total.